The summed E-state index contributed by atoms with van der Waals surface area (Å²) in [5, 5.41) is 8.29. The summed E-state index contributed by atoms with van der Waals surface area (Å²) in [6, 6.07) is 10.4. The molecule has 0 spiro atoms. The predicted octanol–water partition coefficient (Wildman–Crippen LogP) is 5.38. The summed E-state index contributed by atoms with van der Waals surface area (Å²) < 4.78 is 5.13. The lowest BCUT2D eigenvalue weighted by molar-refractivity contribution is -0.115. The Morgan fingerprint density at radius 1 is 1.10 bits per heavy atom. The Bertz CT molecular complexity index is 1060. The van der Waals surface area contributed by atoms with E-state index in [2.05, 4.69) is 10.6 Å². The molecular weight excluding hydrogens is 444 g/mol. The van der Waals surface area contributed by atoms with Crippen molar-refractivity contribution in [3.63, 3.8) is 0 Å². The van der Waals surface area contributed by atoms with Crippen LogP contribution in [0.4, 0.5) is 10.7 Å². The second-order valence-corrected chi connectivity index (χ2v) is 8.74. The first-order valence-corrected chi connectivity index (χ1v) is 11.2. The molecular formula is C21H19ClN2O4S2. The van der Waals surface area contributed by atoms with E-state index in [1.807, 2.05) is 17.5 Å². The molecule has 6 nitrogen and oxygen atoms in total. The summed E-state index contributed by atoms with van der Waals surface area (Å²) in [5.41, 5.74) is 1.22. The first-order valence-electron chi connectivity index (χ1n) is 9.08. The molecule has 0 aliphatic heterocycles. The van der Waals surface area contributed by atoms with Crippen LogP contribution in [0, 0.1) is 6.92 Å². The van der Waals surface area contributed by atoms with Crippen molar-refractivity contribution < 1.29 is 19.1 Å². The maximum atomic E-state index is 12.8. The molecule has 9 heteroatoms. The number of esters is 1. The highest BCUT2D eigenvalue weighted by atomic mass is 35.5. The van der Waals surface area contributed by atoms with E-state index in [1.165, 1.54) is 11.3 Å². The van der Waals surface area contributed by atoms with Crippen molar-refractivity contribution in [3.8, 4) is 0 Å². The summed E-state index contributed by atoms with van der Waals surface area (Å²) in [5.74, 6) is -1.23. The predicted molar refractivity (Wildman–Crippen MR) is 121 cm³/mol. The van der Waals surface area contributed by atoms with Crippen LogP contribution in [0.1, 0.15) is 37.4 Å². The average Bonchev–Trinajstić information content (AvgIpc) is 3.31. The van der Waals surface area contributed by atoms with Gasteiger partial charge in [-0.1, -0.05) is 17.7 Å². The zero-order valence-electron chi connectivity index (χ0n) is 16.3. The van der Waals surface area contributed by atoms with Crippen LogP contribution in [0.5, 0.6) is 0 Å². The highest BCUT2D eigenvalue weighted by Gasteiger charge is 2.26. The molecule has 0 saturated carbocycles. The van der Waals surface area contributed by atoms with E-state index >= 15 is 0 Å². The molecule has 3 rings (SSSR count). The van der Waals surface area contributed by atoms with E-state index in [0.717, 1.165) is 16.2 Å². The minimum absolute atomic E-state index is 0.184. The second kappa shape index (κ2) is 9.88. The zero-order valence-corrected chi connectivity index (χ0v) is 18.7. The second-order valence-electron chi connectivity index (χ2n) is 6.25. The topological polar surface area (TPSA) is 84.5 Å². The molecule has 30 heavy (non-hydrogen) atoms. The number of ether oxygens (including phenoxy) is 1. The van der Waals surface area contributed by atoms with E-state index in [4.69, 9.17) is 16.3 Å². The monoisotopic (exact) mass is 462 g/mol. The van der Waals surface area contributed by atoms with Gasteiger partial charge in [-0.25, -0.2) is 4.79 Å². The summed E-state index contributed by atoms with van der Waals surface area (Å²) in [4.78, 5) is 39.0. The van der Waals surface area contributed by atoms with Gasteiger partial charge in [-0.2, -0.15) is 0 Å². The van der Waals surface area contributed by atoms with Crippen molar-refractivity contribution in [2.24, 2.45) is 0 Å². The molecule has 0 saturated heterocycles. The van der Waals surface area contributed by atoms with E-state index in [1.54, 1.807) is 38.1 Å². The molecule has 0 atom stereocenters. The van der Waals surface area contributed by atoms with Crippen molar-refractivity contribution in [1.82, 2.24) is 0 Å². The Balaban J connectivity index is 1.87. The number of rotatable bonds is 7. The van der Waals surface area contributed by atoms with Gasteiger partial charge in [0.25, 0.3) is 5.91 Å². The fourth-order valence-electron chi connectivity index (χ4n) is 2.73. The van der Waals surface area contributed by atoms with E-state index in [9.17, 15) is 14.4 Å². The fraction of sp³-hybridized carbons (Fsp3) is 0.190. The van der Waals surface area contributed by atoms with Gasteiger partial charge in [0, 0.05) is 15.6 Å². The fourth-order valence-corrected chi connectivity index (χ4v) is 4.67. The van der Waals surface area contributed by atoms with Crippen molar-refractivity contribution >= 4 is 62.7 Å². The molecule has 0 aliphatic rings. The molecule has 0 radical (unpaired) electrons. The molecule has 0 unspecified atom stereocenters. The standard InChI is InChI=1S/C21H19ClN2O4S2/c1-3-28-21(27)17-12(2)18(19(26)23-14-8-6-13(22)7-9-14)30-20(17)24-16(25)11-15-5-4-10-29-15/h4-10H,3,11H2,1-2H3,(H,23,26)(H,24,25). The number of hydrogen-bond acceptors (Lipinski definition) is 6. The minimum Gasteiger partial charge on any atom is -0.462 e. The number of anilines is 2. The van der Waals surface area contributed by atoms with Gasteiger partial charge in [-0.3, -0.25) is 9.59 Å². The van der Waals surface area contributed by atoms with Gasteiger partial charge in [0.05, 0.1) is 23.5 Å². The molecule has 156 valence electrons. The van der Waals surface area contributed by atoms with Crippen LogP contribution in [0.2, 0.25) is 5.02 Å². The Kier molecular flexibility index (Phi) is 7.25. The van der Waals surface area contributed by atoms with Gasteiger partial charge in [0.2, 0.25) is 5.91 Å². The van der Waals surface area contributed by atoms with Crippen LogP contribution in [-0.2, 0) is 16.0 Å². The zero-order chi connectivity index (χ0) is 21.7. The van der Waals surface area contributed by atoms with Gasteiger partial charge in [-0.05, 0) is 55.1 Å². The SMILES string of the molecule is CCOC(=O)c1c(NC(=O)Cc2cccs2)sc(C(=O)Nc2ccc(Cl)cc2)c1C. The quantitative estimate of drug-likeness (QED) is 0.461. The molecule has 3 aromatic rings. The molecule has 0 aliphatic carbocycles. The lowest BCUT2D eigenvalue weighted by atomic mass is 10.1. The van der Waals surface area contributed by atoms with E-state index in [0.29, 0.717) is 26.2 Å². The Morgan fingerprint density at radius 2 is 1.83 bits per heavy atom. The van der Waals surface area contributed by atoms with Crippen molar-refractivity contribution in [2.45, 2.75) is 20.3 Å². The molecule has 2 amide bonds. The smallest absolute Gasteiger partial charge is 0.341 e. The largest absolute Gasteiger partial charge is 0.462 e. The lowest BCUT2D eigenvalue weighted by Gasteiger charge is -2.07. The summed E-state index contributed by atoms with van der Waals surface area (Å²) in [7, 11) is 0. The number of hydrogen-bond donors (Lipinski definition) is 2. The number of halogens is 1. The third kappa shape index (κ3) is 5.27. The van der Waals surface area contributed by atoms with Crippen LogP contribution in [0.3, 0.4) is 0 Å². The average molecular weight is 463 g/mol. The Labute approximate surface area is 186 Å². The van der Waals surface area contributed by atoms with Gasteiger partial charge in [0.15, 0.2) is 0 Å². The van der Waals surface area contributed by atoms with Crippen LogP contribution in [-0.4, -0.2) is 24.4 Å². The first kappa shape index (κ1) is 22.0. The molecule has 0 bridgehead atoms. The van der Waals surface area contributed by atoms with Crippen LogP contribution in [0.15, 0.2) is 41.8 Å². The van der Waals surface area contributed by atoms with Gasteiger partial charge >= 0.3 is 5.97 Å². The number of carbonyl (C=O) groups is 3. The first-order chi connectivity index (χ1) is 14.4. The van der Waals surface area contributed by atoms with Crippen LogP contribution >= 0.6 is 34.3 Å². The van der Waals surface area contributed by atoms with Crippen LogP contribution in [0.25, 0.3) is 0 Å². The van der Waals surface area contributed by atoms with Crippen molar-refractivity contribution in [3.05, 3.63) is 67.7 Å². The van der Waals surface area contributed by atoms with Gasteiger partial charge < -0.3 is 15.4 Å². The van der Waals surface area contributed by atoms with Crippen molar-refractivity contribution in [2.75, 3.05) is 17.2 Å². The highest BCUT2D eigenvalue weighted by Crippen LogP contribution is 2.34. The number of carbonyl (C=O) groups excluding carboxylic acids is 3. The Hall–Kier alpha value is -2.68. The molecule has 2 heterocycles. The lowest BCUT2D eigenvalue weighted by Crippen LogP contribution is -2.16. The molecule has 2 N–H and O–H groups in total. The minimum atomic E-state index is -0.580. The number of nitrogens with one attached hydrogen (secondary N) is 2. The number of thiophene rings is 2. The third-order valence-electron chi connectivity index (χ3n) is 4.10. The summed E-state index contributed by atoms with van der Waals surface area (Å²) in [6.45, 7) is 3.54. The summed E-state index contributed by atoms with van der Waals surface area (Å²) >= 11 is 8.39. The molecule has 1 aromatic carbocycles. The van der Waals surface area contributed by atoms with E-state index < -0.39 is 5.97 Å². The number of benzene rings is 1. The third-order valence-corrected chi connectivity index (χ3v) is 6.44. The highest BCUT2D eigenvalue weighted by molar-refractivity contribution is 7.19. The molecule has 2 aromatic heterocycles. The van der Waals surface area contributed by atoms with Gasteiger partial charge in [0.1, 0.15) is 5.00 Å². The Morgan fingerprint density at radius 3 is 2.47 bits per heavy atom. The maximum Gasteiger partial charge on any atom is 0.341 e. The normalized spacial score (nSPS) is 10.5. The van der Waals surface area contributed by atoms with E-state index in [-0.39, 0.29) is 30.4 Å². The summed E-state index contributed by atoms with van der Waals surface area (Å²) in [6.07, 6.45) is 0.184. The maximum absolute atomic E-state index is 12.8. The van der Waals surface area contributed by atoms with Crippen LogP contribution < -0.4 is 10.6 Å². The molecule has 0 fully saturated rings. The van der Waals surface area contributed by atoms with Crippen molar-refractivity contribution in [1.29, 1.82) is 0 Å². The number of amides is 2. The van der Waals surface area contributed by atoms with Gasteiger partial charge in [-0.15, -0.1) is 22.7 Å².